The number of rotatable bonds is 5. The van der Waals surface area contributed by atoms with Crippen molar-refractivity contribution in [2.75, 3.05) is 5.75 Å². The SMILES string of the molecule is CC(NC(=O)CSc1nc2sccc2c(=O)n1C)c1ccc(F)cc1. The number of hydrogen-bond donors (Lipinski definition) is 1. The minimum Gasteiger partial charge on any atom is -0.349 e. The summed E-state index contributed by atoms with van der Waals surface area (Å²) in [6.07, 6.45) is 0. The normalized spacial score (nSPS) is 12.3. The summed E-state index contributed by atoms with van der Waals surface area (Å²) in [5.41, 5.74) is 0.708. The molecule has 0 fully saturated rings. The molecule has 1 N–H and O–H groups in total. The van der Waals surface area contributed by atoms with E-state index >= 15 is 0 Å². The van der Waals surface area contributed by atoms with E-state index in [1.165, 1.54) is 39.8 Å². The second-order valence-electron chi connectivity index (χ2n) is 5.53. The van der Waals surface area contributed by atoms with Crippen LogP contribution in [0.5, 0.6) is 0 Å². The van der Waals surface area contributed by atoms with Crippen LogP contribution in [0.1, 0.15) is 18.5 Å². The van der Waals surface area contributed by atoms with Gasteiger partial charge < -0.3 is 5.32 Å². The van der Waals surface area contributed by atoms with Crippen LogP contribution in [0.4, 0.5) is 4.39 Å². The lowest BCUT2D eigenvalue weighted by molar-refractivity contribution is -0.119. The molecular weight excluding hydrogens is 361 g/mol. The van der Waals surface area contributed by atoms with Gasteiger partial charge in [0.1, 0.15) is 10.6 Å². The van der Waals surface area contributed by atoms with Gasteiger partial charge in [-0.3, -0.25) is 14.2 Å². The van der Waals surface area contributed by atoms with Crippen LogP contribution < -0.4 is 10.9 Å². The van der Waals surface area contributed by atoms with E-state index in [2.05, 4.69) is 10.3 Å². The lowest BCUT2D eigenvalue weighted by atomic mass is 10.1. The van der Waals surface area contributed by atoms with E-state index in [9.17, 15) is 14.0 Å². The second-order valence-corrected chi connectivity index (χ2v) is 7.36. The summed E-state index contributed by atoms with van der Waals surface area (Å²) in [5, 5.41) is 5.77. The van der Waals surface area contributed by atoms with Crippen LogP contribution >= 0.6 is 23.1 Å². The van der Waals surface area contributed by atoms with Crippen molar-refractivity contribution in [1.82, 2.24) is 14.9 Å². The smallest absolute Gasteiger partial charge is 0.262 e. The highest BCUT2D eigenvalue weighted by Crippen LogP contribution is 2.20. The van der Waals surface area contributed by atoms with Gasteiger partial charge in [0.25, 0.3) is 5.56 Å². The third-order valence-corrected chi connectivity index (χ3v) is 5.58. The molecule has 0 saturated carbocycles. The Morgan fingerprint density at radius 3 is 2.80 bits per heavy atom. The van der Waals surface area contributed by atoms with Gasteiger partial charge in [0.2, 0.25) is 5.91 Å². The number of nitrogens with one attached hydrogen (secondary N) is 1. The van der Waals surface area contributed by atoms with Crippen LogP contribution in [-0.4, -0.2) is 21.2 Å². The molecule has 0 aliphatic heterocycles. The fourth-order valence-electron chi connectivity index (χ4n) is 2.36. The zero-order valence-corrected chi connectivity index (χ0v) is 15.3. The van der Waals surface area contributed by atoms with Crippen molar-refractivity contribution >= 4 is 39.2 Å². The average molecular weight is 377 g/mol. The summed E-state index contributed by atoms with van der Waals surface area (Å²) in [5.74, 6) is -0.348. The van der Waals surface area contributed by atoms with Crippen LogP contribution in [0.3, 0.4) is 0 Å². The number of benzene rings is 1. The predicted molar refractivity (Wildman–Crippen MR) is 98.5 cm³/mol. The first-order valence-electron chi connectivity index (χ1n) is 7.57. The van der Waals surface area contributed by atoms with Crippen molar-refractivity contribution in [3.63, 3.8) is 0 Å². The minimum atomic E-state index is -0.311. The Hall–Kier alpha value is -2.19. The number of thiophene rings is 1. The van der Waals surface area contributed by atoms with E-state index in [4.69, 9.17) is 0 Å². The topological polar surface area (TPSA) is 64.0 Å². The maximum Gasteiger partial charge on any atom is 0.262 e. The van der Waals surface area contributed by atoms with Gasteiger partial charge in [-0.15, -0.1) is 11.3 Å². The van der Waals surface area contributed by atoms with Crippen molar-refractivity contribution in [2.24, 2.45) is 7.05 Å². The summed E-state index contributed by atoms with van der Waals surface area (Å²) < 4.78 is 14.4. The molecule has 1 atom stereocenters. The number of nitrogens with zero attached hydrogens (tertiary/aromatic N) is 2. The predicted octanol–water partition coefficient (Wildman–Crippen LogP) is 3.10. The fraction of sp³-hybridized carbons (Fsp3) is 0.235. The third-order valence-electron chi connectivity index (χ3n) is 3.74. The molecule has 25 heavy (non-hydrogen) atoms. The van der Waals surface area contributed by atoms with Gasteiger partial charge in [0.05, 0.1) is 17.2 Å². The highest BCUT2D eigenvalue weighted by molar-refractivity contribution is 7.99. The van der Waals surface area contributed by atoms with Crippen LogP contribution in [-0.2, 0) is 11.8 Å². The quantitative estimate of drug-likeness (QED) is 0.548. The van der Waals surface area contributed by atoms with Crippen molar-refractivity contribution in [1.29, 1.82) is 0 Å². The summed E-state index contributed by atoms with van der Waals surface area (Å²) >= 11 is 2.61. The molecule has 1 amide bonds. The summed E-state index contributed by atoms with van der Waals surface area (Å²) in [6, 6.07) is 7.53. The lowest BCUT2D eigenvalue weighted by Crippen LogP contribution is -2.28. The molecule has 3 rings (SSSR count). The van der Waals surface area contributed by atoms with Gasteiger partial charge in [0, 0.05) is 7.05 Å². The molecule has 130 valence electrons. The molecule has 0 radical (unpaired) electrons. The Balaban J connectivity index is 1.65. The number of aromatic nitrogens is 2. The summed E-state index contributed by atoms with van der Waals surface area (Å²) in [4.78, 5) is 29.5. The van der Waals surface area contributed by atoms with E-state index in [0.717, 1.165) is 5.56 Å². The van der Waals surface area contributed by atoms with Gasteiger partial charge in [0.15, 0.2) is 5.16 Å². The molecule has 0 aliphatic rings. The Labute approximate surface area is 151 Å². The first kappa shape index (κ1) is 17.6. The summed E-state index contributed by atoms with van der Waals surface area (Å²) in [7, 11) is 1.65. The van der Waals surface area contributed by atoms with Gasteiger partial charge in [-0.25, -0.2) is 9.37 Å². The van der Waals surface area contributed by atoms with Crippen LogP contribution in [0.25, 0.3) is 10.2 Å². The third kappa shape index (κ3) is 3.91. The fourth-order valence-corrected chi connectivity index (χ4v) is 3.95. The van der Waals surface area contributed by atoms with Crippen LogP contribution in [0.15, 0.2) is 45.7 Å². The van der Waals surface area contributed by atoms with Crippen LogP contribution in [0.2, 0.25) is 0 Å². The zero-order valence-electron chi connectivity index (χ0n) is 13.7. The Bertz CT molecular complexity index is 966. The molecule has 0 bridgehead atoms. The molecule has 3 aromatic rings. The van der Waals surface area contributed by atoms with Crippen molar-refractivity contribution in [3.05, 3.63) is 57.4 Å². The number of amides is 1. The molecular formula is C17H16FN3O2S2. The molecule has 0 saturated heterocycles. The minimum absolute atomic E-state index is 0.117. The number of thioether (sulfide) groups is 1. The lowest BCUT2D eigenvalue weighted by Gasteiger charge is -2.14. The van der Waals surface area contributed by atoms with Gasteiger partial charge in [-0.05, 0) is 36.1 Å². The molecule has 0 spiro atoms. The largest absolute Gasteiger partial charge is 0.349 e. The Morgan fingerprint density at radius 1 is 1.36 bits per heavy atom. The molecule has 0 aliphatic carbocycles. The number of carbonyl (C=O) groups excluding carboxylic acids is 1. The van der Waals surface area contributed by atoms with Crippen molar-refractivity contribution in [3.8, 4) is 0 Å². The maximum atomic E-state index is 13.0. The van der Waals surface area contributed by atoms with E-state index in [-0.39, 0.29) is 29.1 Å². The van der Waals surface area contributed by atoms with E-state index in [1.54, 1.807) is 25.2 Å². The highest BCUT2D eigenvalue weighted by atomic mass is 32.2. The second kappa shape index (κ2) is 7.37. The highest BCUT2D eigenvalue weighted by Gasteiger charge is 2.13. The molecule has 2 aromatic heterocycles. The van der Waals surface area contributed by atoms with Crippen molar-refractivity contribution < 1.29 is 9.18 Å². The van der Waals surface area contributed by atoms with Gasteiger partial charge in [-0.2, -0.15) is 0 Å². The first-order chi connectivity index (χ1) is 12.0. The molecule has 1 unspecified atom stereocenters. The Kier molecular flexibility index (Phi) is 5.19. The monoisotopic (exact) mass is 377 g/mol. The molecule has 2 heterocycles. The number of halogens is 1. The zero-order chi connectivity index (χ0) is 18.0. The number of hydrogen-bond acceptors (Lipinski definition) is 5. The van der Waals surface area contributed by atoms with Gasteiger partial charge in [-0.1, -0.05) is 23.9 Å². The maximum absolute atomic E-state index is 13.0. The van der Waals surface area contributed by atoms with E-state index < -0.39 is 0 Å². The molecule has 5 nitrogen and oxygen atoms in total. The number of fused-ring (bicyclic) bond motifs is 1. The van der Waals surface area contributed by atoms with E-state index in [1.807, 2.05) is 12.3 Å². The standard InChI is InChI=1S/C17H16FN3O2S2/c1-10(11-3-5-12(18)6-4-11)19-14(22)9-25-17-20-15-13(7-8-24-15)16(23)21(17)2/h3-8,10H,9H2,1-2H3,(H,19,22). The van der Waals surface area contributed by atoms with E-state index in [0.29, 0.717) is 15.4 Å². The number of carbonyl (C=O) groups is 1. The summed E-state index contributed by atoms with van der Waals surface area (Å²) in [6.45, 7) is 1.83. The molecule has 1 aromatic carbocycles. The van der Waals surface area contributed by atoms with Crippen molar-refractivity contribution in [2.45, 2.75) is 18.1 Å². The Morgan fingerprint density at radius 2 is 2.08 bits per heavy atom. The van der Waals surface area contributed by atoms with Crippen LogP contribution in [0, 0.1) is 5.82 Å². The average Bonchev–Trinajstić information content (AvgIpc) is 3.06. The molecule has 8 heteroatoms. The first-order valence-corrected chi connectivity index (χ1v) is 9.44. The van der Waals surface area contributed by atoms with Gasteiger partial charge >= 0.3 is 0 Å².